The summed E-state index contributed by atoms with van der Waals surface area (Å²) in [6.45, 7) is 0. The molecule has 3 aromatic rings. The van der Waals surface area contributed by atoms with Crippen LogP contribution >= 0.6 is 0 Å². The van der Waals surface area contributed by atoms with Crippen molar-refractivity contribution in [2.75, 3.05) is 42.7 Å². The van der Waals surface area contributed by atoms with Crippen molar-refractivity contribution in [3.05, 3.63) is 70.8 Å². The van der Waals surface area contributed by atoms with Gasteiger partial charge in [-0.1, -0.05) is 29.7 Å². The molecule has 6 nitrogen and oxygen atoms in total. The Bertz CT molecular complexity index is 1140. The fourth-order valence-corrected chi connectivity index (χ4v) is 3.27. The first-order chi connectivity index (χ1) is 16.6. The molecule has 0 aromatic heterocycles. The minimum Gasteiger partial charge on any atom is -0.493 e. The third kappa shape index (κ3) is 5.49. The zero-order valence-electron chi connectivity index (χ0n) is 20.1. The van der Waals surface area contributed by atoms with Crippen LogP contribution < -0.4 is 28.4 Å². The number of ether oxygens (including phenoxy) is 6. The highest BCUT2D eigenvalue weighted by molar-refractivity contribution is 5.60. The number of benzene rings is 3. The lowest BCUT2D eigenvalue weighted by Crippen LogP contribution is -1.95. The average molecular weight is 459 g/mol. The van der Waals surface area contributed by atoms with Crippen LogP contribution in [0, 0.1) is 23.7 Å². The lowest BCUT2D eigenvalue weighted by molar-refractivity contribution is 0.324. The van der Waals surface area contributed by atoms with Crippen LogP contribution in [0.2, 0.25) is 0 Å². The average Bonchev–Trinajstić information content (AvgIpc) is 2.89. The molecular weight excluding hydrogens is 432 g/mol. The van der Waals surface area contributed by atoms with Gasteiger partial charge in [-0.05, 0) is 42.5 Å². The predicted octanol–water partition coefficient (Wildman–Crippen LogP) is 4.54. The van der Waals surface area contributed by atoms with Gasteiger partial charge in [-0.3, -0.25) is 0 Å². The molecule has 0 heterocycles. The van der Waals surface area contributed by atoms with E-state index in [4.69, 9.17) is 28.4 Å². The highest BCUT2D eigenvalue weighted by Gasteiger charge is 2.13. The number of hydrogen-bond acceptors (Lipinski definition) is 6. The van der Waals surface area contributed by atoms with Crippen LogP contribution in [0.15, 0.2) is 48.5 Å². The van der Waals surface area contributed by atoms with Crippen LogP contribution in [-0.4, -0.2) is 42.7 Å². The lowest BCUT2D eigenvalue weighted by atomic mass is 10.1. The Morgan fingerprint density at radius 3 is 1.03 bits per heavy atom. The van der Waals surface area contributed by atoms with Crippen molar-refractivity contribution in [2.24, 2.45) is 0 Å². The second-order valence-corrected chi connectivity index (χ2v) is 6.91. The Balaban J connectivity index is 1.91. The fourth-order valence-electron chi connectivity index (χ4n) is 3.27. The summed E-state index contributed by atoms with van der Waals surface area (Å²) in [5.74, 6) is 15.9. The molecule has 0 aliphatic rings. The Morgan fingerprint density at radius 1 is 0.412 bits per heavy atom. The summed E-state index contributed by atoms with van der Waals surface area (Å²) < 4.78 is 32.3. The van der Waals surface area contributed by atoms with E-state index in [0.717, 1.165) is 22.3 Å². The molecule has 0 radical (unpaired) electrons. The molecule has 0 unspecified atom stereocenters. The molecule has 0 atom stereocenters. The van der Waals surface area contributed by atoms with Gasteiger partial charge < -0.3 is 28.4 Å². The first kappa shape index (κ1) is 24.2. The van der Waals surface area contributed by atoms with Crippen LogP contribution in [0.5, 0.6) is 34.5 Å². The highest BCUT2D eigenvalue weighted by atomic mass is 16.5. The van der Waals surface area contributed by atoms with Crippen molar-refractivity contribution < 1.29 is 28.4 Å². The van der Waals surface area contributed by atoms with Gasteiger partial charge in [0.25, 0.3) is 0 Å². The van der Waals surface area contributed by atoms with Crippen LogP contribution in [0.4, 0.5) is 0 Å². The monoisotopic (exact) mass is 458 g/mol. The topological polar surface area (TPSA) is 55.4 Å². The van der Waals surface area contributed by atoms with Crippen molar-refractivity contribution in [3.8, 4) is 58.2 Å². The minimum absolute atomic E-state index is 0.527. The van der Waals surface area contributed by atoms with Gasteiger partial charge in [-0.25, -0.2) is 0 Å². The summed E-state index contributed by atoms with van der Waals surface area (Å²) in [5.41, 5.74) is 3.13. The molecule has 0 aliphatic carbocycles. The quantitative estimate of drug-likeness (QED) is 0.506. The predicted molar refractivity (Wildman–Crippen MR) is 131 cm³/mol. The van der Waals surface area contributed by atoms with Gasteiger partial charge in [0.05, 0.1) is 42.7 Å². The summed E-state index contributed by atoms with van der Waals surface area (Å²) >= 11 is 0. The number of methoxy groups -OCH3 is 6. The minimum atomic E-state index is 0.527. The summed E-state index contributed by atoms with van der Waals surface area (Å²) in [7, 11) is 9.43. The van der Waals surface area contributed by atoms with Crippen LogP contribution in [-0.2, 0) is 0 Å². The largest absolute Gasteiger partial charge is 0.493 e. The van der Waals surface area contributed by atoms with Gasteiger partial charge in [0.15, 0.2) is 23.0 Å². The van der Waals surface area contributed by atoms with Gasteiger partial charge in [0.2, 0.25) is 11.5 Å². The lowest BCUT2D eigenvalue weighted by Gasteiger charge is -2.12. The maximum atomic E-state index is 5.40. The van der Waals surface area contributed by atoms with E-state index in [2.05, 4.69) is 23.7 Å². The fraction of sp³-hybridized carbons (Fsp3) is 0.214. The summed E-state index contributed by atoms with van der Waals surface area (Å²) in [6.07, 6.45) is 0. The van der Waals surface area contributed by atoms with Crippen molar-refractivity contribution in [1.82, 2.24) is 0 Å². The van der Waals surface area contributed by atoms with Crippen molar-refractivity contribution in [3.63, 3.8) is 0 Å². The zero-order chi connectivity index (χ0) is 24.5. The molecule has 34 heavy (non-hydrogen) atoms. The van der Waals surface area contributed by atoms with Gasteiger partial charge in [0, 0.05) is 22.3 Å². The van der Waals surface area contributed by atoms with E-state index in [0.29, 0.717) is 34.5 Å². The summed E-state index contributed by atoms with van der Waals surface area (Å²) in [6, 6.07) is 14.9. The summed E-state index contributed by atoms with van der Waals surface area (Å²) in [4.78, 5) is 0. The van der Waals surface area contributed by atoms with Crippen LogP contribution in [0.3, 0.4) is 0 Å². The zero-order valence-corrected chi connectivity index (χ0v) is 20.1. The summed E-state index contributed by atoms with van der Waals surface area (Å²) in [5, 5.41) is 0. The smallest absolute Gasteiger partial charge is 0.203 e. The van der Waals surface area contributed by atoms with Crippen LogP contribution in [0.25, 0.3) is 0 Å². The Morgan fingerprint density at radius 2 is 0.735 bits per heavy atom. The van der Waals surface area contributed by atoms with E-state index >= 15 is 0 Å². The molecule has 0 amide bonds. The van der Waals surface area contributed by atoms with E-state index in [1.54, 1.807) is 42.7 Å². The Labute approximate surface area is 200 Å². The SMILES string of the molecule is COc1cc(C#Cc2cccc(C#Cc3cc(OC)c(OC)c(OC)c3)c2)cc(OC)c1OC. The molecule has 3 aromatic carbocycles. The van der Waals surface area contributed by atoms with Gasteiger partial charge in [-0.15, -0.1) is 0 Å². The number of hydrogen-bond donors (Lipinski definition) is 0. The first-order valence-electron chi connectivity index (χ1n) is 10.3. The van der Waals surface area contributed by atoms with Crippen LogP contribution in [0.1, 0.15) is 22.3 Å². The molecule has 0 fully saturated rings. The standard InChI is InChI=1S/C28H26O6/c1-29-23-15-21(16-24(30-2)27(23)33-5)12-10-19-8-7-9-20(14-19)11-13-22-17-25(31-3)28(34-6)26(18-22)32-4/h7-9,14-18H,1-6H3. The molecule has 6 heteroatoms. The van der Waals surface area contributed by atoms with Gasteiger partial charge >= 0.3 is 0 Å². The van der Waals surface area contributed by atoms with E-state index in [1.165, 1.54) is 0 Å². The maximum Gasteiger partial charge on any atom is 0.203 e. The van der Waals surface area contributed by atoms with E-state index in [9.17, 15) is 0 Å². The number of rotatable bonds is 6. The first-order valence-corrected chi connectivity index (χ1v) is 10.3. The molecule has 0 saturated heterocycles. The second kappa shape index (κ2) is 11.4. The van der Waals surface area contributed by atoms with Crippen molar-refractivity contribution >= 4 is 0 Å². The van der Waals surface area contributed by atoms with E-state index < -0.39 is 0 Å². The Hall–Kier alpha value is -4.42. The maximum absolute atomic E-state index is 5.40. The highest BCUT2D eigenvalue weighted by Crippen LogP contribution is 2.38. The molecule has 3 rings (SSSR count). The molecule has 174 valence electrons. The molecule has 0 saturated carbocycles. The Kier molecular flexibility index (Phi) is 8.16. The molecule has 0 N–H and O–H groups in total. The molecule has 0 spiro atoms. The normalized spacial score (nSPS) is 9.59. The van der Waals surface area contributed by atoms with E-state index in [1.807, 2.05) is 48.5 Å². The third-order valence-corrected chi connectivity index (χ3v) is 4.89. The van der Waals surface area contributed by atoms with Crippen molar-refractivity contribution in [2.45, 2.75) is 0 Å². The van der Waals surface area contributed by atoms with E-state index in [-0.39, 0.29) is 0 Å². The third-order valence-electron chi connectivity index (χ3n) is 4.89. The van der Waals surface area contributed by atoms with Gasteiger partial charge in [0.1, 0.15) is 0 Å². The second-order valence-electron chi connectivity index (χ2n) is 6.91. The van der Waals surface area contributed by atoms with Gasteiger partial charge in [-0.2, -0.15) is 0 Å². The molecular formula is C28H26O6. The molecule has 0 bridgehead atoms. The van der Waals surface area contributed by atoms with Crippen molar-refractivity contribution in [1.29, 1.82) is 0 Å². The molecule has 0 aliphatic heterocycles.